The highest BCUT2D eigenvalue weighted by molar-refractivity contribution is 7.95. The summed E-state index contributed by atoms with van der Waals surface area (Å²) in [5, 5.41) is 0.0347. The molecule has 0 amide bonds. The average molecular weight is 598 g/mol. The number of methoxy groups -OCH3 is 2. The number of ether oxygens (including phenoxy) is 3. The van der Waals surface area contributed by atoms with Gasteiger partial charge in [-0.25, -0.2) is 8.42 Å². The Hall–Kier alpha value is -2.86. The molecule has 0 N–H and O–H groups in total. The second-order valence-corrected chi connectivity index (χ2v) is 15.7. The molecule has 11 heteroatoms. The Morgan fingerprint density at radius 3 is 2.54 bits per heavy atom. The van der Waals surface area contributed by atoms with Crippen molar-refractivity contribution in [3.05, 3.63) is 76.4 Å². The fraction of sp³-hybridized carbons (Fsp3) is 0.467. The second kappa shape index (κ2) is 7.75. The number of sulfone groups is 1. The lowest BCUT2D eigenvalue weighted by molar-refractivity contribution is -0.206. The van der Waals surface area contributed by atoms with E-state index in [1.165, 1.54) is 19.2 Å². The molecule has 0 aromatic heterocycles. The molecule has 9 nitrogen and oxygen atoms in total. The van der Waals surface area contributed by atoms with E-state index in [9.17, 15) is 16.8 Å². The number of hydrogen-bond acceptors (Lipinski definition) is 9. The summed E-state index contributed by atoms with van der Waals surface area (Å²) in [7, 11) is -3.16. The molecule has 1 saturated heterocycles. The van der Waals surface area contributed by atoms with Crippen LogP contribution in [0.3, 0.4) is 0 Å². The van der Waals surface area contributed by atoms with Gasteiger partial charge in [0.15, 0.2) is 21.3 Å². The molecule has 4 bridgehead atoms. The normalized spacial score (nSPS) is 38.6. The zero-order chi connectivity index (χ0) is 28.7. The minimum absolute atomic E-state index is 0.0457. The zero-order valence-electron chi connectivity index (χ0n) is 23.2. The molecule has 41 heavy (non-hydrogen) atoms. The van der Waals surface area contributed by atoms with Gasteiger partial charge < -0.3 is 23.3 Å². The van der Waals surface area contributed by atoms with Gasteiger partial charge in [0, 0.05) is 24.1 Å². The largest absolute Gasteiger partial charge is 0.493 e. The Morgan fingerprint density at radius 1 is 1.07 bits per heavy atom. The molecule has 2 aromatic rings. The van der Waals surface area contributed by atoms with Crippen LogP contribution in [-0.2, 0) is 40.7 Å². The maximum atomic E-state index is 14.3. The van der Waals surface area contributed by atoms with E-state index in [1.54, 1.807) is 19.2 Å². The van der Waals surface area contributed by atoms with Gasteiger partial charge in [-0.05, 0) is 57.1 Å². The van der Waals surface area contributed by atoms with Crippen molar-refractivity contribution < 1.29 is 35.2 Å². The molecule has 3 aliphatic heterocycles. The lowest BCUT2D eigenvalue weighted by atomic mass is 9.37. The Morgan fingerprint density at radius 2 is 1.83 bits per heavy atom. The Labute approximate surface area is 239 Å². The molecule has 4 aliphatic carbocycles. The topological polar surface area (TPSA) is 108 Å². The quantitative estimate of drug-likeness (QED) is 0.380. The highest BCUT2D eigenvalue weighted by atomic mass is 32.2. The summed E-state index contributed by atoms with van der Waals surface area (Å²) in [4.78, 5) is 2.20. The SMILES string of the molecule is COc1ccc2c3c1O[C@H]1[C@@]4(OC)C=C[C@@]5([C@H]6[C@@H]4C(OS(=O)(=O)c4ccc(C)cc4)=CS6(=O)=O)[C@@H](C2)N(C)CC[C@]315. The van der Waals surface area contributed by atoms with Crippen LogP contribution in [-0.4, -0.2) is 72.5 Å². The number of aryl methyl sites for hydroxylation is 1. The predicted molar refractivity (Wildman–Crippen MR) is 149 cm³/mol. The molecule has 2 fully saturated rings. The molecular weight excluding hydrogens is 566 g/mol. The number of nitrogens with zero attached hydrogens (tertiary/aromatic N) is 1. The second-order valence-electron chi connectivity index (χ2n) is 12.2. The molecule has 216 valence electrons. The lowest BCUT2D eigenvalue weighted by Gasteiger charge is -2.72. The first kappa shape index (κ1) is 25.8. The molecule has 0 unspecified atom stereocenters. The number of likely N-dealkylation sites (N-methyl/N-ethyl adjacent to an activating group) is 1. The van der Waals surface area contributed by atoms with Gasteiger partial charge in [0.25, 0.3) is 0 Å². The van der Waals surface area contributed by atoms with E-state index in [1.807, 2.05) is 26.1 Å². The summed E-state index contributed by atoms with van der Waals surface area (Å²) >= 11 is 0. The maximum Gasteiger partial charge on any atom is 0.338 e. The van der Waals surface area contributed by atoms with Crippen molar-refractivity contribution in [3.63, 3.8) is 0 Å². The predicted octanol–water partition coefficient (Wildman–Crippen LogP) is 2.88. The monoisotopic (exact) mass is 597 g/mol. The van der Waals surface area contributed by atoms with E-state index in [0.29, 0.717) is 24.3 Å². The summed E-state index contributed by atoms with van der Waals surface area (Å²) < 4.78 is 80.4. The molecule has 9 rings (SSSR count). The summed E-state index contributed by atoms with van der Waals surface area (Å²) in [6.45, 7) is 2.61. The smallest absolute Gasteiger partial charge is 0.338 e. The van der Waals surface area contributed by atoms with E-state index in [-0.39, 0.29) is 16.7 Å². The van der Waals surface area contributed by atoms with Crippen LogP contribution in [0.1, 0.15) is 23.1 Å². The van der Waals surface area contributed by atoms with Crippen LogP contribution in [0.5, 0.6) is 11.5 Å². The number of likely N-dealkylation sites (tertiary alicyclic amines) is 1. The van der Waals surface area contributed by atoms with Gasteiger partial charge in [0.2, 0.25) is 0 Å². The van der Waals surface area contributed by atoms with Crippen LogP contribution in [0.4, 0.5) is 0 Å². The lowest BCUT2D eigenvalue weighted by Crippen LogP contribution is -2.83. The van der Waals surface area contributed by atoms with Gasteiger partial charge in [-0.15, -0.1) is 0 Å². The average Bonchev–Trinajstić information content (AvgIpc) is 3.44. The van der Waals surface area contributed by atoms with Gasteiger partial charge >= 0.3 is 10.1 Å². The van der Waals surface area contributed by atoms with Crippen molar-refractivity contribution in [2.45, 2.75) is 53.1 Å². The molecule has 2 spiro atoms. The summed E-state index contributed by atoms with van der Waals surface area (Å²) in [5.74, 6) is 0.155. The Bertz CT molecular complexity index is 1800. The van der Waals surface area contributed by atoms with Gasteiger partial charge in [0.1, 0.15) is 22.4 Å². The van der Waals surface area contributed by atoms with Crippen molar-refractivity contribution >= 4 is 20.0 Å². The zero-order valence-corrected chi connectivity index (χ0v) is 24.8. The van der Waals surface area contributed by atoms with Crippen molar-refractivity contribution in [2.24, 2.45) is 11.3 Å². The fourth-order valence-corrected chi connectivity index (χ4v) is 12.7. The summed E-state index contributed by atoms with van der Waals surface area (Å²) in [6.07, 6.45) is 4.64. The van der Waals surface area contributed by atoms with E-state index in [0.717, 1.165) is 28.6 Å². The Balaban J connectivity index is 1.37. The van der Waals surface area contributed by atoms with E-state index >= 15 is 0 Å². The molecule has 7 atom stereocenters. The molecule has 3 heterocycles. The van der Waals surface area contributed by atoms with E-state index < -0.39 is 53.7 Å². The fourth-order valence-electron chi connectivity index (χ4n) is 9.32. The van der Waals surface area contributed by atoms with Crippen LogP contribution in [0.15, 0.2) is 64.6 Å². The minimum Gasteiger partial charge on any atom is -0.493 e. The van der Waals surface area contributed by atoms with Gasteiger partial charge in [-0.2, -0.15) is 8.42 Å². The molecule has 0 radical (unpaired) electrons. The van der Waals surface area contributed by atoms with Gasteiger partial charge in [-0.1, -0.05) is 35.9 Å². The molecule has 2 aromatic carbocycles. The van der Waals surface area contributed by atoms with Crippen LogP contribution in [0.25, 0.3) is 0 Å². The van der Waals surface area contributed by atoms with Crippen LogP contribution >= 0.6 is 0 Å². The highest BCUT2D eigenvalue weighted by Gasteiger charge is 2.85. The van der Waals surface area contributed by atoms with Crippen molar-refractivity contribution in [1.82, 2.24) is 4.90 Å². The Kier molecular flexibility index (Phi) is 4.88. The third-order valence-electron chi connectivity index (χ3n) is 10.8. The van der Waals surface area contributed by atoms with Crippen LogP contribution in [0, 0.1) is 18.3 Å². The standard InChI is InChI=1S/C30H31NO8S2/c1-17-5-8-19(9-6-17)41(34,35)39-21-16-40(32,33)26-24(21)30(37-4)12-11-28(26)22-15-18-7-10-20(36-3)25-23(18)29(28,27(30)38-25)13-14-31(22)2/h5-12,16,22,24,26-27H,13-15H2,1-4H3/t22-,24+,26-,27-,28+,29+,30-/m1/s1. The maximum absolute atomic E-state index is 14.3. The first-order valence-corrected chi connectivity index (χ1v) is 16.8. The minimum atomic E-state index is -4.33. The third kappa shape index (κ3) is 2.75. The molecule has 7 aliphatic rings. The molecule has 1 saturated carbocycles. The number of piperidine rings is 1. The summed E-state index contributed by atoms with van der Waals surface area (Å²) in [6, 6.07) is 10.1. The van der Waals surface area contributed by atoms with E-state index in [4.69, 9.17) is 18.4 Å². The number of hydrogen-bond donors (Lipinski definition) is 0. The van der Waals surface area contributed by atoms with Crippen molar-refractivity contribution in [1.29, 1.82) is 0 Å². The highest BCUT2D eigenvalue weighted by Crippen LogP contribution is 2.77. The van der Waals surface area contributed by atoms with Crippen molar-refractivity contribution in [3.8, 4) is 11.5 Å². The van der Waals surface area contributed by atoms with Gasteiger partial charge in [0.05, 0.1) is 29.1 Å². The van der Waals surface area contributed by atoms with Crippen LogP contribution < -0.4 is 9.47 Å². The van der Waals surface area contributed by atoms with Crippen LogP contribution in [0.2, 0.25) is 0 Å². The van der Waals surface area contributed by atoms with E-state index in [2.05, 4.69) is 17.0 Å². The first-order valence-electron chi connectivity index (χ1n) is 13.8. The molecular formula is C30H31NO8S2. The number of benzene rings is 2. The number of rotatable bonds is 5. The van der Waals surface area contributed by atoms with Gasteiger partial charge in [-0.3, -0.25) is 0 Å². The third-order valence-corrected chi connectivity index (χ3v) is 14.0. The van der Waals surface area contributed by atoms with Crippen molar-refractivity contribution in [2.75, 3.05) is 27.8 Å². The first-order chi connectivity index (χ1) is 19.5. The summed E-state index contributed by atoms with van der Waals surface area (Å²) in [5.41, 5.74) is 0.103.